The SMILES string of the molecule is CC(C)OC(=O)c1ccc2c(c1)NC(=O)/C2=C(\Nc1ccc2c(c1)CCN2C(=O)CN1CCN(C)CC1)c1ccccc1. The number of esters is 1. The molecule has 43 heavy (non-hydrogen) atoms. The summed E-state index contributed by atoms with van der Waals surface area (Å²) >= 11 is 0. The van der Waals surface area contributed by atoms with E-state index in [9.17, 15) is 14.4 Å². The number of rotatable bonds is 7. The molecule has 9 heteroatoms. The Bertz CT molecular complexity index is 1590. The standard InChI is InChI=1S/C34H37N5O4/c1-22(2)43-34(42)25-9-11-27-28(20-25)36-33(41)31(27)32(23-7-5-4-6-8-23)35-26-10-12-29-24(19-26)13-14-39(29)30(40)21-38-17-15-37(3)16-18-38/h4-12,19-20,22,35H,13-18,21H2,1-3H3,(H,36,41)/b32-31-. The van der Waals surface area contributed by atoms with Gasteiger partial charge in [0.2, 0.25) is 5.91 Å². The number of piperazine rings is 1. The van der Waals surface area contributed by atoms with Crippen LogP contribution in [-0.2, 0) is 20.7 Å². The van der Waals surface area contributed by atoms with Crippen LogP contribution in [0.1, 0.15) is 40.9 Å². The smallest absolute Gasteiger partial charge is 0.338 e. The quantitative estimate of drug-likeness (QED) is 0.318. The summed E-state index contributed by atoms with van der Waals surface area (Å²) in [5.41, 5.74) is 6.54. The van der Waals surface area contributed by atoms with E-state index in [0.29, 0.717) is 41.2 Å². The monoisotopic (exact) mass is 579 g/mol. The summed E-state index contributed by atoms with van der Waals surface area (Å²) in [6, 6.07) is 20.9. The molecule has 0 radical (unpaired) electrons. The maximum absolute atomic E-state index is 13.4. The fraction of sp³-hybridized carbons (Fsp3) is 0.324. The Morgan fingerprint density at radius 1 is 0.930 bits per heavy atom. The van der Waals surface area contributed by atoms with Crippen LogP contribution in [0.15, 0.2) is 66.7 Å². The van der Waals surface area contributed by atoms with Crippen molar-refractivity contribution < 1.29 is 19.1 Å². The molecule has 3 aromatic rings. The predicted molar refractivity (Wildman–Crippen MR) is 169 cm³/mol. The minimum atomic E-state index is -0.430. The molecule has 0 atom stereocenters. The number of carbonyl (C=O) groups excluding carboxylic acids is 3. The number of amides is 2. The summed E-state index contributed by atoms with van der Waals surface area (Å²) in [5, 5.41) is 6.46. The highest BCUT2D eigenvalue weighted by molar-refractivity contribution is 6.37. The van der Waals surface area contributed by atoms with E-state index in [1.807, 2.05) is 47.4 Å². The maximum Gasteiger partial charge on any atom is 0.338 e. The number of anilines is 3. The molecule has 2 N–H and O–H groups in total. The van der Waals surface area contributed by atoms with Gasteiger partial charge in [-0.05, 0) is 68.8 Å². The normalized spacial score (nSPS) is 17.9. The van der Waals surface area contributed by atoms with Gasteiger partial charge >= 0.3 is 5.97 Å². The van der Waals surface area contributed by atoms with E-state index in [-0.39, 0.29) is 17.9 Å². The number of benzene rings is 3. The summed E-state index contributed by atoms with van der Waals surface area (Å²) in [7, 11) is 2.11. The number of hydrogen-bond donors (Lipinski definition) is 2. The second-order valence-electron chi connectivity index (χ2n) is 11.6. The van der Waals surface area contributed by atoms with Crippen LogP contribution in [0.4, 0.5) is 17.1 Å². The molecule has 1 fully saturated rings. The van der Waals surface area contributed by atoms with Crippen LogP contribution >= 0.6 is 0 Å². The van der Waals surface area contributed by atoms with Gasteiger partial charge < -0.3 is 25.2 Å². The van der Waals surface area contributed by atoms with E-state index in [0.717, 1.165) is 55.1 Å². The molecule has 3 aliphatic heterocycles. The molecule has 9 nitrogen and oxygen atoms in total. The molecule has 1 saturated heterocycles. The van der Waals surface area contributed by atoms with Crippen molar-refractivity contribution in [3.05, 3.63) is 89.0 Å². The zero-order valence-electron chi connectivity index (χ0n) is 24.9. The Labute approximate surface area is 252 Å². The van der Waals surface area contributed by atoms with Gasteiger partial charge in [0.05, 0.1) is 35.2 Å². The third-order valence-electron chi connectivity index (χ3n) is 8.16. The van der Waals surface area contributed by atoms with E-state index in [4.69, 9.17) is 4.74 Å². The van der Waals surface area contributed by atoms with Crippen molar-refractivity contribution in [3.8, 4) is 0 Å². The average molecular weight is 580 g/mol. The Balaban J connectivity index is 1.28. The van der Waals surface area contributed by atoms with Crippen molar-refractivity contribution in [1.29, 1.82) is 0 Å². The summed E-state index contributed by atoms with van der Waals surface area (Å²) in [4.78, 5) is 45.5. The molecular weight excluding hydrogens is 542 g/mol. The Morgan fingerprint density at radius 3 is 2.44 bits per heavy atom. The highest BCUT2D eigenvalue weighted by Gasteiger charge is 2.31. The summed E-state index contributed by atoms with van der Waals surface area (Å²) in [6.07, 6.45) is 0.531. The van der Waals surface area contributed by atoms with Crippen molar-refractivity contribution in [2.24, 2.45) is 0 Å². The third kappa shape index (κ3) is 6.04. The molecule has 3 aliphatic rings. The first-order valence-corrected chi connectivity index (χ1v) is 14.8. The first kappa shape index (κ1) is 28.6. The Kier molecular flexibility index (Phi) is 8.01. The molecule has 3 heterocycles. The molecule has 2 amide bonds. The topological polar surface area (TPSA) is 94.2 Å². The largest absolute Gasteiger partial charge is 0.459 e. The summed E-state index contributed by atoms with van der Waals surface area (Å²) in [5.74, 6) is -0.551. The molecule has 0 aliphatic carbocycles. The summed E-state index contributed by atoms with van der Waals surface area (Å²) in [6.45, 7) is 8.46. The van der Waals surface area contributed by atoms with Gasteiger partial charge in [-0.15, -0.1) is 0 Å². The molecule has 0 aromatic heterocycles. The van der Waals surface area contributed by atoms with E-state index in [1.54, 1.807) is 32.0 Å². The molecular formula is C34H37N5O4. The molecule has 0 unspecified atom stereocenters. The van der Waals surface area contributed by atoms with Crippen LogP contribution in [0, 0.1) is 0 Å². The Morgan fingerprint density at radius 2 is 1.70 bits per heavy atom. The number of ether oxygens (including phenoxy) is 1. The maximum atomic E-state index is 13.4. The van der Waals surface area contributed by atoms with Gasteiger partial charge in [0.15, 0.2) is 0 Å². The van der Waals surface area contributed by atoms with Crippen molar-refractivity contribution in [1.82, 2.24) is 9.80 Å². The van der Waals surface area contributed by atoms with Crippen LogP contribution < -0.4 is 15.5 Å². The lowest BCUT2D eigenvalue weighted by atomic mass is 9.99. The van der Waals surface area contributed by atoms with E-state index in [2.05, 4.69) is 33.5 Å². The van der Waals surface area contributed by atoms with Crippen LogP contribution in [-0.4, -0.2) is 80.0 Å². The fourth-order valence-electron chi connectivity index (χ4n) is 5.88. The zero-order chi connectivity index (χ0) is 30.1. The summed E-state index contributed by atoms with van der Waals surface area (Å²) < 4.78 is 5.34. The third-order valence-corrected chi connectivity index (χ3v) is 8.16. The van der Waals surface area contributed by atoms with Crippen molar-refractivity contribution in [3.63, 3.8) is 0 Å². The second kappa shape index (κ2) is 12.0. The Hall–Kier alpha value is -4.47. The molecule has 0 spiro atoms. The lowest BCUT2D eigenvalue weighted by Gasteiger charge is -2.32. The highest BCUT2D eigenvalue weighted by Crippen LogP contribution is 2.39. The zero-order valence-corrected chi connectivity index (χ0v) is 24.9. The van der Waals surface area contributed by atoms with Crippen molar-refractivity contribution >= 4 is 46.1 Å². The number of nitrogens with one attached hydrogen (secondary N) is 2. The van der Waals surface area contributed by atoms with Crippen LogP contribution in [0.2, 0.25) is 0 Å². The first-order chi connectivity index (χ1) is 20.8. The fourth-order valence-corrected chi connectivity index (χ4v) is 5.88. The van der Waals surface area contributed by atoms with Crippen molar-refractivity contribution in [2.45, 2.75) is 26.4 Å². The van der Waals surface area contributed by atoms with Crippen molar-refractivity contribution in [2.75, 3.05) is 61.8 Å². The highest BCUT2D eigenvalue weighted by atomic mass is 16.5. The lowest BCUT2D eigenvalue weighted by molar-refractivity contribution is -0.120. The number of nitrogens with zero attached hydrogens (tertiary/aromatic N) is 3. The van der Waals surface area contributed by atoms with Gasteiger partial charge in [-0.1, -0.05) is 36.4 Å². The van der Waals surface area contributed by atoms with Gasteiger partial charge in [-0.3, -0.25) is 14.5 Å². The number of hydrogen-bond acceptors (Lipinski definition) is 7. The van der Waals surface area contributed by atoms with Gasteiger partial charge in [0, 0.05) is 49.7 Å². The minimum absolute atomic E-state index is 0.131. The average Bonchev–Trinajstić information content (AvgIpc) is 3.56. The number of fused-ring (bicyclic) bond motifs is 2. The van der Waals surface area contributed by atoms with Gasteiger partial charge in [-0.25, -0.2) is 4.79 Å². The van der Waals surface area contributed by atoms with Gasteiger partial charge in [0.1, 0.15) is 0 Å². The van der Waals surface area contributed by atoms with Crippen LogP contribution in [0.25, 0.3) is 11.3 Å². The van der Waals surface area contributed by atoms with Gasteiger partial charge in [0.25, 0.3) is 5.91 Å². The van der Waals surface area contributed by atoms with Crippen LogP contribution in [0.5, 0.6) is 0 Å². The lowest BCUT2D eigenvalue weighted by Crippen LogP contribution is -2.48. The molecule has 222 valence electrons. The van der Waals surface area contributed by atoms with E-state index < -0.39 is 5.97 Å². The molecule has 6 rings (SSSR count). The molecule has 0 saturated carbocycles. The molecule has 0 bridgehead atoms. The number of likely N-dealkylation sites (N-methyl/N-ethyl adjacent to an activating group) is 1. The first-order valence-electron chi connectivity index (χ1n) is 14.8. The second-order valence-corrected chi connectivity index (χ2v) is 11.6. The number of carbonyl (C=O) groups is 3. The van der Waals surface area contributed by atoms with E-state index in [1.165, 1.54) is 0 Å². The van der Waals surface area contributed by atoms with E-state index >= 15 is 0 Å². The molecule has 3 aromatic carbocycles. The van der Waals surface area contributed by atoms with Crippen LogP contribution in [0.3, 0.4) is 0 Å². The minimum Gasteiger partial charge on any atom is -0.459 e. The van der Waals surface area contributed by atoms with Gasteiger partial charge in [-0.2, -0.15) is 0 Å². The predicted octanol–water partition coefficient (Wildman–Crippen LogP) is 4.32.